The molecule has 0 aliphatic carbocycles. The zero-order valence-corrected chi connectivity index (χ0v) is 10.00. The molecule has 1 atom stereocenters. The van der Waals surface area contributed by atoms with Crippen molar-refractivity contribution in [3.05, 3.63) is 71.3 Å². The predicted octanol–water partition coefficient (Wildman–Crippen LogP) is 1.92. The molecule has 0 fully saturated rings. The van der Waals surface area contributed by atoms with Gasteiger partial charge in [0, 0.05) is 0 Å². The number of hydrogen-bond donors (Lipinski definition) is 0. The molecule has 3 nitrogen and oxygen atoms in total. The Labute approximate surface area is 106 Å². The van der Waals surface area contributed by atoms with Gasteiger partial charge in [0.2, 0.25) is 0 Å². The summed E-state index contributed by atoms with van der Waals surface area (Å²) in [6.07, 6.45) is -0.990. The second-order valence-corrected chi connectivity index (χ2v) is 3.91. The second-order valence-electron chi connectivity index (χ2n) is 3.91. The zero-order chi connectivity index (χ0) is 13.0. The van der Waals surface area contributed by atoms with Crippen LogP contribution in [0.5, 0.6) is 0 Å². The summed E-state index contributed by atoms with van der Waals surface area (Å²) in [6, 6.07) is 15.7. The van der Waals surface area contributed by atoms with Gasteiger partial charge in [0.15, 0.2) is 0 Å². The fourth-order valence-corrected chi connectivity index (χ4v) is 1.77. The molecule has 3 heteroatoms. The van der Waals surface area contributed by atoms with Crippen LogP contribution in [0.25, 0.3) is 0 Å². The van der Waals surface area contributed by atoms with Crippen molar-refractivity contribution in [3.8, 4) is 0 Å². The van der Waals surface area contributed by atoms with Gasteiger partial charge < -0.3 is 9.84 Å². The Bertz CT molecular complexity index is 534. The Kier molecular flexibility index (Phi) is 3.75. The average Bonchev–Trinajstić information content (AvgIpc) is 2.46. The minimum Gasteiger partial charge on any atom is -0.845 e. The number of esters is 1. The van der Waals surface area contributed by atoms with E-state index in [1.807, 2.05) is 18.2 Å². The minimum absolute atomic E-state index is 0.395. The molecule has 0 aliphatic heterocycles. The molecule has 0 N–H and O–H groups in total. The summed E-state index contributed by atoms with van der Waals surface area (Å²) in [5.74, 6) is -0.433. The highest BCUT2D eigenvalue weighted by atomic mass is 16.5. The second kappa shape index (κ2) is 5.47. The van der Waals surface area contributed by atoms with Crippen molar-refractivity contribution in [3.63, 3.8) is 0 Å². The van der Waals surface area contributed by atoms with Gasteiger partial charge in [0.05, 0.1) is 12.7 Å². The van der Waals surface area contributed by atoms with Crippen LogP contribution in [0.3, 0.4) is 0 Å². The number of benzene rings is 2. The largest absolute Gasteiger partial charge is 0.845 e. The topological polar surface area (TPSA) is 49.4 Å². The van der Waals surface area contributed by atoms with Gasteiger partial charge in [-0.05, 0) is 12.1 Å². The van der Waals surface area contributed by atoms with Crippen molar-refractivity contribution in [2.75, 3.05) is 7.11 Å². The molecule has 0 heterocycles. The van der Waals surface area contributed by atoms with Crippen LogP contribution in [-0.2, 0) is 4.74 Å². The maximum absolute atomic E-state index is 12.2. The predicted molar refractivity (Wildman–Crippen MR) is 66.1 cm³/mol. The molecule has 2 aromatic rings. The summed E-state index contributed by atoms with van der Waals surface area (Å²) in [5, 5.41) is 12.2. The average molecular weight is 241 g/mol. The van der Waals surface area contributed by atoms with Gasteiger partial charge >= 0.3 is 5.97 Å². The Morgan fingerprint density at radius 1 is 1.06 bits per heavy atom. The molecule has 18 heavy (non-hydrogen) atoms. The van der Waals surface area contributed by atoms with Gasteiger partial charge in [-0.3, -0.25) is 0 Å². The van der Waals surface area contributed by atoms with E-state index in [2.05, 4.69) is 4.74 Å². The van der Waals surface area contributed by atoms with Crippen molar-refractivity contribution < 1.29 is 14.6 Å². The molecule has 0 saturated carbocycles. The van der Waals surface area contributed by atoms with Crippen LogP contribution in [0.2, 0.25) is 0 Å². The smallest absolute Gasteiger partial charge is 0.337 e. The number of carbonyl (C=O) groups is 1. The molecule has 2 rings (SSSR count). The number of methoxy groups -OCH3 is 1. The first-order valence-electron chi connectivity index (χ1n) is 5.61. The molecule has 0 spiro atoms. The summed E-state index contributed by atoms with van der Waals surface area (Å²) < 4.78 is 4.64. The molecular formula is C15H13O3-. The van der Waals surface area contributed by atoms with E-state index in [0.29, 0.717) is 16.7 Å². The summed E-state index contributed by atoms with van der Waals surface area (Å²) in [5.41, 5.74) is 1.63. The lowest BCUT2D eigenvalue weighted by atomic mass is 10.00. The maximum Gasteiger partial charge on any atom is 0.337 e. The fourth-order valence-electron chi connectivity index (χ4n) is 1.77. The molecule has 0 aliphatic rings. The zero-order valence-electron chi connectivity index (χ0n) is 10.00. The Balaban J connectivity index is 2.31. The summed E-state index contributed by atoms with van der Waals surface area (Å²) >= 11 is 0. The third-order valence-electron chi connectivity index (χ3n) is 2.71. The van der Waals surface area contributed by atoms with Crippen LogP contribution in [0.15, 0.2) is 54.6 Å². The lowest BCUT2D eigenvalue weighted by Crippen LogP contribution is -2.17. The first-order valence-corrected chi connectivity index (χ1v) is 5.61. The first kappa shape index (κ1) is 12.3. The SMILES string of the molecule is COC(=O)c1cccc(C([O-])c2ccccc2)c1. The van der Waals surface area contributed by atoms with Crippen LogP contribution in [-0.4, -0.2) is 13.1 Å². The molecular weight excluding hydrogens is 228 g/mol. The molecule has 0 amide bonds. The highest BCUT2D eigenvalue weighted by Crippen LogP contribution is 2.20. The highest BCUT2D eigenvalue weighted by molar-refractivity contribution is 5.89. The van der Waals surface area contributed by atoms with Gasteiger partial charge in [0.25, 0.3) is 0 Å². The van der Waals surface area contributed by atoms with Crippen LogP contribution in [0, 0.1) is 0 Å². The van der Waals surface area contributed by atoms with Gasteiger partial charge in [-0.25, -0.2) is 4.79 Å². The maximum atomic E-state index is 12.2. The summed E-state index contributed by atoms with van der Waals surface area (Å²) in [4.78, 5) is 11.4. The molecule has 92 valence electrons. The molecule has 0 saturated heterocycles. The number of hydrogen-bond acceptors (Lipinski definition) is 3. The number of ether oxygens (including phenoxy) is 1. The third-order valence-corrected chi connectivity index (χ3v) is 2.71. The molecule has 0 bridgehead atoms. The number of carbonyl (C=O) groups excluding carboxylic acids is 1. The third kappa shape index (κ3) is 2.57. The van der Waals surface area contributed by atoms with E-state index in [1.165, 1.54) is 7.11 Å². The Hall–Kier alpha value is -2.13. The molecule has 0 radical (unpaired) electrons. The van der Waals surface area contributed by atoms with Crippen molar-refractivity contribution in [1.82, 2.24) is 0 Å². The molecule has 1 unspecified atom stereocenters. The standard InChI is InChI=1S/C15H13O3/c1-18-15(17)13-9-5-8-12(10-13)14(16)11-6-3-2-4-7-11/h2-10,14H,1H3/q-1. The quantitative estimate of drug-likeness (QED) is 0.771. The van der Waals surface area contributed by atoms with E-state index >= 15 is 0 Å². The van der Waals surface area contributed by atoms with E-state index in [-0.39, 0.29) is 0 Å². The van der Waals surface area contributed by atoms with Crippen LogP contribution >= 0.6 is 0 Å². The van der Waals surface area contributed by atoms with Gasteiger partial charge in [-0.2, -0.15) is 0 Å². The lowest BCUT2D eigenvalue weighted by molar-refractivity contribution is -0.411. The van der Waals surface area contributed by atoms with Crippen LogP contribution in [0.1, 0.15) is 27.6 Å². The molecule has 0 aromatic heterocycles. The van der Waals surface area contributed by atoms with Crippen molar-refractivity contribution in [1.29, 1.82) is 0 Å². The Morgan fingerprint density at radius 2 is 1.72 bits per heavy atom. The monoisotopic (exact) mass is 241 g/mol. The lowest BCUT2D eigenvalue weighted by Gasteiger charge is -2.23. The van der Waals surface area contributed by atoms with Crippen molar-refractivity contribution in [2.45, 2.75) is 6.10 Å². The van der Waals surface area contributed by atoms with Gasteiger partial charge in [0.1, 0.15) is 0 Å². The Morgan fingerprint density at radius 3 is 2.39 bits per heavy atom. The van der Waals surface area contributed by atoms with Gasteiger partial charge in [-0.15, -0.1) is 0 Å². The van der Waals surface area contributed by atoms with E-state index in [0.717, 1.165) is 0 Å². The fraction of sp³-hybridized carbons (Fsp3) is 0.133. The van der Waals surface area contributed by atoms with Crippen molar-refractivity contribution >= 4 is 5.97 Å². The van der Waals surface area contributed by atoms with E-state index in [9.17, 15) is 9.90 Å². The summed E-state index contributed by atoms with van der Waals surface area (Å²) in [7, 11) is 1.32. The first-order chi connectivity index (χ1) is 8.72. The van der Waals surface area contributed by atoms with Crippen molar-refractivity contribution in [2.24, 2.45) is 0 Å². The van der Waals surface area contributed by atoms with Crippen LogP contribution < -0.4 is 5.11 Å². The molecule has 2 aromatic carbocycles. The van der Waals surface area contributed by atoms with Crippen LogP contribution in [0.4, 0.5) is 0 Å². The van der Waals surface area contributed by atoms with E-state index in [4.69, 9.17) is 0 Å². The van der Waals surface area contributed by atoms with E-state index in [1.54, 1.807) is 36.4 Å². The highest BCUT2D eigenvalue weighted by Gasteiger charge is 2.07. The van der Waals surface area contributed by atoms with Gasteiger partial charge in [-0.1, -0.05) is 59.7 Å². The van der Waals surface area contributed by atoms with E-state index < -0.39 is 12.1 Å². The normalized spacial score (nSPS) is 11.9. The summed E-state index contributed by atoms with van der Waals surface area (Å²) in [6.45, 7) is 0. The minimum atomic E-state index is -0.990. The number of rotatable bonds is 3.